The molecule has 1 aromatic rings. The number of hydrogen-bond donors (Lipinski definition) is 1. The zero-order valence-corrected chi connectivity index (χ0v) is 21.3. The van der Waals surface area contributed by atoms with E-state index in [1.54, 1.807) is 44.2 Å². The average molecular weight is 476 g/mol. The summed E-state index contributed by atoms with van der Waals surface area (Å²) in [6.07, 6.45) is 2.44. The van der Waals surface area contributed by atoms with E-state index in [0.29, 0.717) is 42.5 Å². The fourth-order valence-corrected chi connectivity index (χ4v) is 4.69. The van der Waals surface area contributed by atoms with Gasteiger partial charge in [0.05, 0.1) is 11.7 Å². The van der Waals surface area contributed by atoms with Gasteiger partial charge in [-0.15, -0.1) is 0 Å². The van der Waals surface area contributed by atoms with Gasteiger partial charge in [-0.2, -0.15) is 0 Å². The predicted molar refractivity (Wildman–Crippen MR) is 132 cm³/mol. The van der Waals surface area contributed by atoms with Gasteiger partial charge in [0.2, 0.25) is 5.91 Å². The Morgan fingerprint density at radius 1 is 1.21 bits per heavy atom. The van der Waals surface area contributed by atoms with Gasteiger partial charge in [-0.05, 0) is 49.8 Å². The van der Waals surface area contributed by atoms with Gasteiger partial charge in [0.15, 0.2) is 0 Å². The van der Waals surface area contributed by atoms with Crippen molar-refractivity contribution in [2.45, 2.75) is 52.2 Å². The molecule has 1 N–H and O–H groups in total. The van der Waals surface area contributed by atoms with Gasteiger partial charge in [-0.3, -0.25) is 14.5 Å². The summed E-state index contributed by atoms with van der Waals surface area (Å²) in [7, 11) is 3.50. The average Bonchev–Trinajstić information content (AvgIpc) is 2.85. The first-order valence-corrected chi connectivity index (χ1v) is 12.5. The van der Waals surface area contributed by atoms with Crippen molar-refractivity contribution in [2.24, 2.45) is 11.8 Å². The molecule has 1 saturated heterocycles. The van der Waals surface area contributed by atoms with Crippen LogP contribution in [0.4, 0.5) is 5.69 Å². The standard InChI is InChI=1S/C26H41N3O5/c1-6-25(30)27-21-7-8-23-22(13-21)26(31)28(4)16-24(32-5)18(2)14-29(19(3)17-34-23)15-20-9-11-33-12-10-20/h7-8,13,18-20,24H,6,9-12,14-17H2,1-5H3,(H,27,30)/t18-,19-,24+/m1/s1. The lowest BCUT2D eigenvalue weighted by Crippen LogP contribution is -2.48. The van der Waals surface area contributed by atoms with Gasteiger partial charge in [-0.1, -0.05) is 13.8 Å². The van der Waals surface area contributed by atoms with Gasteiger partial charge < -0.3 is 24.4 Å². The van der Waals surface area contributed by atoms with Gasteiger partial charge in [0.1, 0.15) is 12.4 Å². The molecule has 0 aromatic heterocycles. The molecule has 0 bridgehead atoms. The molecule has 190 valence electrons. The number of likely N-dealkylation sites (N-methyl/N-ethyl adjacent to an activating group) is 1. The lowest BCUT2D eigenvalue weighted by Gasteiger charge is -2.38. The summed E-state index contributed by atoms with van der Waals surface area (Å²) in [4.78, 5) is 29.5. The molecule has 1 aromatic carbocycles. The summed E-state index contributed by atoms with van der Waals surface area (Å²) in [6, 6.07) is 5.45. The minimum atomic E-state index is -0.149. The lowest BCUT2D eigenvalue weighted by molar-refractivity contribution is -0.115. The quantitative estimate of drug-likeness (QED) is 0.704. The minimum absolute atomic E-state index is 0.0925. The molecule has 0 spiro atoms. The van der Waals surface area contributed by atoms with Crippen LogP contribution in [0, 0.1) is 11.8 Å². The van der Waals surface area contributed by atoms with E-state index >= 15 is 0 Å². The van der Waals surface area contributed by atoms with Crippen LogP contribution in [0.1, 0.15) is 50.4 Å². The van der Waals surface area contributed by atoms with E-state index in [9.17, 15) is 9.59 Å². The Bertz CT molecular complexity index is 827. The number of nitrogens with zero attached hydrogens (tertiary/aromatic N) is 2. The highest BCUT2D eigenvalue weighted by Gasteiger charge is 2.30. The molecule has 3 atom stereocenters. The Balaban J connectivity index is 1.88. The highest BCUT2D eigenvalue weighted by Crippen LogP contribution is 2.27. The van der Waals surface area contributed by atoms with Gasteiger partial charge in [0, 0.05) is 65.2 Å². The number of hydrogen-bond acceptors (Lipinski definition) is 6. The van der Waals surface area contributed by atoms with Gasteiger partial charge >= 0.3 is 0 Å². The molecular formula is C26H41N3O5. The largest absolute Gasteiger partial charge is 0.491 e. The maximum atomic E-state index is 13.4. The Labute approximate surface area is 203 Å². The lowest BCUT2D eigenvalue weighted by atomic mass is 9.96. The zero-order valence-electron chi connectivity index (χ0n) is 21.3. The number of carbonyl (C=O) groups is 2. The fourth-order valence-electron chi connectivity index (χ4n) is 4.69. The van der Waals surface area contributed by atoms with Gasteiger partial charge in [0.25, 0.3) is 5.91 Å². The number of rotatable bonds is 5. The minimum Gasteiger partial charge on any atom is -0.491 e. The number of anilines is 1. The normalized spacial score (nSPS) is 25.6. The third-order valence-corrected chi connectivity index (χ3v) is 7.01. The summed E-state index contributed by atoms with van der Waals surface area (Å²) in [6.45, 7) is 10.6. The van der Waals surface area contributed by atoms with Crippen molar-refractivity contribution in [1.29, 1.82) is 0 Å². The van der Waals surface area contributed by atoms with E-state index in [1.165, 1.54) is 0 Å². The number of fused-ring (bicyclic) bond motifs is 1. The molecule has 34 heavy (non-hydrogen) atoms. The summed E-state index contributed by atoms with van der Waals surface area (Å²) in [5.74, 6) is 1.13. The second kappa shape index (κ2) is 12.5. The van der Waals surface area contributed by atoms with Crippen molar-refractivity contribution < 1.29 is 23.8 Å². The molecule has 0 radical (unpaired) electrons. The monoisotopic (exact) mass is 475 g/mol. The van der Waals surface area contributed by atoms with Crippen molar-refractivity contribution in [3.8, 4) is 5.75 Å². The highest BCUT2D eigenvalue weighted by molar-refractivity contribution is 5.99. The van der Waals surface area contributed by atoms with Crippen molar-refractivity contribution in [3.05, 3.63) is 23.8 Å². The molecule has 3 rings (SSSR count). The van der Waals surface area contributed by atoms with Crippen molar-refractivity contribution in [1.82, 2.24) is 9.80 Å². The first-order chi connectivity index (χ1) is 16.3. The number of nitrogens with one attached hydrogen (secondary N) is 1. The summed E-state index contributed by atoms with van der Waals surface area (Å²) in [5.41, 5.74) is 1.04. The van der Waals surface area contributed by atoms with E-state index in [2.05, 4.69) is 24.1 Å². The van der Waals surface area contributed by atoms with E-state index in [0.717, 1.165) is 39.1 Å². The van der Waals surface area contributed by atoms with Crippen molar-refractivity contribution >= 4 is 17.5 Å². The number of methoxy groups -OCH3 is 1. The van der Waals surface area contributed by atoms with Gasteiger partial charge in [-0.25, -0.2) is 0 Å². The van der Waals surface area contributed by atoms with E-state index < -0.39 is 0 Å². The summed E-state index contributed by atoms with van der Waals surface area (Å²) < 4.78 is 17.6. The van der Waals surface area contributed by atoms with Crippen LogP contribution >= 0.6 is 0 Å². The van der Waals surface area contributed by atoms with Crippen LogP contribution in [0.5, 0.6) is 5.75 Å². The summed E-state index contributed by atoms with van der Waals surface area (Å²) in [5, 5.41) is 2.84. The van der Waals surface area contributed by atoms with E-state index in [1.807, 2.05) is 0 Å². The first kappa shape index (κ1) is 26.4. The molecule has 2 amide bonds. The number of carbonyl (C=O) groups excluding carboxylic acids is 2. The molecule has 1 fully saturated rings. The van der Waals surface area contributed by atoms with Crippen LogP contribution in [0.2, 0.25) is 0 Å². The third-order valence-electron chi connectivity index (χ3n) is 7.01. The molecular weight excluding hydrogens is 434 g/mol. The molecule has 2 aliphatic heterocycles. The predicted octanol–water partition coefficient (Wildman–Crippen LogP) is 3.27. The smallest absolute Gasteiger partial charge is 0.257 e. The van der Waals surface area contributed by atoms with E-state index in [4.69, 9.17) is 14.2 Å². The van der Waals surface area contributed by atoms with Crippen LogP contribution in [0.15, 0.2) is 18.2 Å². The highest BCUT2D eigenvalue weighted by atomic mass is 16.5. The fraction of sp³-hybridized carbons (Fsp3) is 0.692. The molecule has 2 aliphatic rings. The molecule has 0 aliphatic carbocycles. The van der Waals surface area contributed by atoms with Crippen molar-refractivity contribution in [3.63, 3.8) is 0 Å². The van der Waals surface area contributed by atoms with Crippen LogP contribution < -0.4 is 10.1 Å². The summed E-state index contributed by atoms with van der Waals surface area (Å²) >= 11 is 0. The maximum absolute atomic E-state index is 13.4. The zero-order chi connectivity index (χ0) is 24.7. The molecule has 0 unspecified atom stereocenters. The maximum Gasteiger partial charge on any atom is 0.257 e. The van der Waals surface area contributed by atoms with Crippen molar-refractivity contribution in [2.75, 3.05) is 58.9 Å². The molecule has 8 nitrogen and oxygen atoms in total. The topological polar surface area (TPSA) is 80.3 Å². The Kier molecular flexibility index (Phi) is 9.74. The molecule has 0 saturated carbocycles. The van der Waals surface area contributed by atoms with Crippen LogP contribution in [0.3, 0.4) is 0 Å². The molecule has 2 heterocycles. The third kappa shape index (κ3) is 6.93. The second-order valence-electron chi connectivity index (χ2n) is 9.72. The first-order valence-electron chi connectivity index (χ1n) is 12.5. The Hall–Kier alpha value is -2.16. The number of amides is 2. The Morgan fingerprint density at radius 3 is 2.62 bits per heavy atom. The number of benzene rings is 1. The second-order valence-corrected chi connectivity index (χ2v) is 9.72. The van der Waals surface area contributed by atoms with Crippen LogP contribution in [-0.2, 0) is 14.3 Å². The molecule has 8 heteroatoms. The Morgan fingerprint density at radius 2 is 1.94 bits per heavy atom. The van der Waals surface area contributed by atoms with Crippen LogP contribution in [-0.4, -0.2) is 87.4 Å². The van der Waals surface area contributed by atoms with E-state index in [-0.39, 0.29) is 29.9 Å². The van der Waals surface area contributed by atoms with Crippen LogP contribution in [0.25, 0.3) is 0 Å². The SMILES string of the molecule is CCC(=O)Nc1ccc2c(c1)C(=O)N(C)C[C@H](OC)[C@H](C)CN(CC1CCOCC1)[C@H](C)CO2. The number of ether oxygens (including phenoxy) is 3.